The van der Waals surface area contributed by atoms with Crippen molar-refractivity contribution >= 4 is 24.0 Å². The number of carboxylic acid groups (broad SMARTS) is 1. The Morgan fingerprint density at radius 1 is 0.700 bits per heavy atom. The maximum Gasteiger partial charge on any atom is 0.416 e. The van der Waals surface area contributed by atoms with E-state index in [-0.39, 0.29) is 0 Å². The molecule has 2 rings (SSSR count). The minimum Gasteiger partial charge on any atom is -0.478 e. The molecule has 0 spiro atoms. The first-order valence-corrected chi connectivity index (χ1v) is 8.02. The zero-order valence-corrected chi connectivity index (χ0v) is 15.0. The average molecular weight is 431 g/mol. The maximum absolute atomic E-state index is 12.1. The molecule has 1 amide bonds. The predicted molar refractivity (Wildman–Crippen MR) is 97.8 cm³/mol. The van der Waals surface area contributed by atoms with Crippen LogP contribution in [0.2, 0.25) is 0 Å². The van der Waals surface area contributed by atoms with Crippen LogP contribution in [0, 0.1) is 0 Å². The van der Waals surface area contributed by atoms with Gasteiger partial charge in [0.15, 0.2) is 0 Å². The SMILES string of the molecule is NC(=O)/C=C/c1ccc(C(F)(F)F)cc1.O=C(O)/C=C/c1ccc(C(F)(F)F)cc1. The van der Waals surface area contributed by atoms with Crippen LogP contribution in [0.5, 0.6) is 0 Å². The summed E-state index contributed by atoms with van der Waals surface area (Å²) in [6.45, 7) is 0. The highest BCUT2D eigenvalue weighted by atomic mass is 19.4. The number of aliphatic carboxylic acids is 1. The van der Waals surface area contributed by atoms with Gasteiger partial charge in [0, 0.05) is 12.2 Å². The Morgan fingerprint density at radius 3 is 1.30 bits per heavy atom. The van der Waals surface area contributed by atoms with E-state index in [2.05, 4.69) is 0 Å². The summed E-state index contributed by atoms with van der Waals surface area (Å²) in [7, 11) is 0. The van der Waals surface area contributed by atoms with Gasteiger partial charge in [-0.1, -0.05) is 24.3 Å². The fourth-order valence-corrected chi connectivity index (χ4v) is 1.91. The van der Waals surface area contributed by atoms with Gasteiger partial charge in [-0.15, -0.1) is 0 Å². The van der Waals surface area contributed by atoms with E-state index in [1.807, 2.05) is 0 Å². The summed E-state index contributed by atoms with van der Waals surface area (Å²) in [6, 6.07) is 8.65. The molecule has 3 N–H and O–H groups in total. The van der Waals surface area contributed by atoms with Crippen molar-refractivity contribution in [2.24, 2.45) is 5.73 Å². The summed E-state index contributed by atoms with van der Waals surface area (Å²) >= 11 is 0. The van der Waals surface area contributed by atoms with Crippen molar-refractivity contribution in [3.63, 3.8) is 0 Å². The monoisotopic (exact) mass is 431 g/mol. The number of rotatable bonds is 4. The molecule has 0 heterocycles. The molecule has 0 fully saturated rings. The molecular formula is C20H15F6NO3. The van der Waals surface area contributed by atoms with Crippen LogP contribution in [0.25, 0.3) is 12.2 Å². The number of nitrogens with two attached hydrogens (primary N) is 1. The second-order valence-electron chi connectivity index (χ2n) is 5.65. The van der Waals surface area contributed by atoms with Crippen molar-refractivity contribution in [3.8, 4) is 0 Å². The molecule has 0 saturated carbocycles. The van der Waals surface area contributed by atoms with E-state index in [1.54, 1.807) is 0 Å². The summed E-state index contributed by atoms with van der Waals surface area (Å²) in [5.41, 5.74) is 4.25. The van der Waals surface area contributed by atoms with E-state index in [0.717, 1.165) is 36.4 Å². The maximum atomic E-state index is 12.1. The number of halogens is 6. The minimum absolute atomic E-state index is 0.408. The van der Waals surface area contributed by atoms with Crippen molar-refractivity contribution in [1.29, 1.82) is 0 Å². The molecule has 0 radical (unpaired) electrons. The van der Waals surface area contributed by atoms with Crippen LogP contribution >= 0.6 is 0 Å². The number of carbonyl (C=O) groups excluding carboxylic acids is 1. The molecule has 0 aliphatic carbocycles. The third-order valence-electron chi connectivity index (χ3n) is 3.33. The number of carboxylic acids is 1. The highest BCUT2D eigenvalue weighted by molar-refractivity contribution is 5.90. The van der Waals surface area contributed by atoms with Crippen molar-refractivity contribution < 1.29 is 41.0 Å². The van der Waals surface area contributed by atoms with Crippen molar-refractivity contribution in [3.05, 3.63) is 82.9 Å². The van der Waals surface area contributed by atoms with Crippen LogP contribution in [0.1, 0.15) is 22.3 Å². The Labute approximate surface area is 166 Å². The average Bonchev–Trinajstić information content (AvgIpc) is 2.64. The molecule has 4 nitrogen and oxygen atoms in total. The number of alkyl halides is 6. The smallest absolute Gasteiger partial charge is 0.416 e. The van der Waals surface area contributed by atoms with E-state index in [4.69, 9.17) is 10.8 Å². The molecule has 2 aromatic rings. The predicted octanol–water partition coefficient (Wildman–Crippen LogP) is 5.01. The Hall–Kier alpha value is -3.56. The lowest BCUT2D eigenvalue weighted by Crippen LogP contribution is -2.05. The van der Waals surface area contributed by atoms with Crippen molar-refractivity contribution in [2.45, 2.75) is 12.4 Å². The lowest BCUT2D eigenvalue weighted by atomic mass is 10.1. The molecule has 0 bridgehead atoms. The van der Waals surface area contributed by atoms with Gasteiger partial charge in [0.2, 0.25) is 5.91 Å². The van der Waals surface area contributed by atoms with Crippen LogP contribution < -0.4 is 5.73 Å². The fraction of sp³-hybridized carbons (Fsp3) is 0.100. The third kappa shape index (κ3) is 9.09. The lowest BCUT2D eigenvalue weighted by Gasteiger charge is -2.05. The Balaban J connectivity index is 0.000000300. The van der Waals surface area contributed by atoms with Crippen LogP contribution in [0.4, 0.5) is 26.3 Å². The highest BCUT2D eigenvalue weighted by Crippen LogP contribution is 2.30. The lowest BCUT2D eigenvalue weighted by molar-refractivity contribution is -0.138. The number of hydrogen-bond acceptors (Lipinski definition) is 2. The second kappa shape index (κ2) is 10.3. The third-order valence-corrected chi connectivity index (χ3v) is 3.33. The summed E-state index contributed by atoms with van der Waals surface area (Å²) in [4.78, 5) is 20.5. The largest absolute Gasteiger partial charge is 0.478 e. The summed E-state index contributed by atoms with van der Waals surface area (Å²) in [5.74, 6) is -1.79. The molecule has 0 aliphatic rings. The van der Waals surface area contributed by atoms with Crippen LogP contribution in [0.15, 0.2) is 60.7 Å². The van der Waals surface area contributed by atoms with Crippen molar-refractivity contribution in [1.82, 2.24) is 0 Å². The summed E-state index contributed by atoms with van der Waals surface area (Å²) in [5, 5.41) is 8.29. The molecule has 0 aliphatic heterocycles. The van der Waals surface area contributed by atoms with Gasteiger partial charge in [-0.05, 0) is 47.5 Å². The molecule has 160 valence electrons. The highest BCUT2D eigenvalue weighted by Gasteiger charge is 2.30. The molecule has 2 aromatic carbocycles. The van der Waals surface area contributed by atoms with Crippen LogP contribution in [-0.2, 0) is 21.9 Å². The standard InChI is InChI=1S/C10H8F3NO.C10H7F3O2/c2*11-10(12,13)8-4-1-7(2-5-8)3-6-9(14)15/h1-6H,(H2,14,15);1-6H,(H,14,15)/b2*6-3+. The van der Waals surface area contributed by atoms with Crippen LogP contribution in [0.3, 0.4) is 0 Å². The molecule has 30 heavy (non-hydrogen) atoms. The van der Waals surface area contributed by atoms with Gasteiger partial charge in [-0.3, -0.25) is 4.79 Å². The zero-order valence-electron chi connectivity index (χ0n) is 15.0. The first kappa shape index (κ1) is 24.5. The molecule has 0 aromatic heterocycles. The van der Waals surface area contributed by atoms with Gasteiger partial charge >= 0.3 is 18.3 Å². The van der Waals surface area contributed by atoms with Gasteiger partial charge in [0.05, 0.1) is 11.1 Å². The number of primary amides is 1. The Bertz CT molecular complexity index is 834. The molecule has 10 heteroatoms. The second-order valence-corrected chi connectivity index (χ2v) is 5.65. The normalized spacial score (nSPS) is 11.9. The molecular weight excluding hydrogens is 416 g/mol. The van der Waals surface area contributed by atoms with Gasteiger partial charge in [0.25, 0.3) is 0 Å². The quantitative estimate of drug-likeness (QED) is 0.528. The number of benzene rings is 2. The van der Waals surface area contributed by atoms with Crippen molar-refractivity contribution in [2.75, 3.05) is 0 Å². The zero-order chi connectivity index (χ0) is 22.9. The first-order valence-electron chi connectivity index (χ1n) is 8.02. The van der Waals surface area contributed by atoms with E-state index in [1.165, 1.54) is 36.4 Å². The molecule has 0 saturated heterocycles. The van der Waals surface area contributed by atoms with E-state index >= 15 is 0 Å². The van der Waals surface area contributed by atoms with Gasteiger partial charge in [-0.25, -0.2) is 4.79 Å². The summed E-state index contributed by atoms with van der Waals surface area (Å²) < 4.78 is 72.8. The van der Waals surface area contributed by atoms with E-state index < -0.39 is 35.4 Å². The molecule has 0 unspecified atom stereocenters. The summed E-state index contributed by atoms with van der Waals surface area (Å²) in [6.07, 6.45) is -4.18. The topological polar surface area (TPSA) is 80.4 Å². The Morgan fingerprint density at radius 2 is 1.03 bits per heavy atom. The van der Waals surface area contributed by atoms with E-state index in [0.29, 0.717) is 11.1 Å². The number of hydrogen-bond donors (Lipinski definition) is 2. The van der Waals surface area contributed by atoms with Crippen LogP contribution in [-0.4, -0.2) is 17.0 Å². The minimum atomic E-state index is -4.37. The van der Waals surface area contributed by atoms with Gasteiger partial charge in [-0.2, -0.15) is 26.3 Å². The molecule has 0 atom stereocenters. The first-order chi connectivity index (χ1) is 13.8. The van der Waals surface area contributed by atoms with Gasteiger partial charge in [0.1, 0.15) is 0 Å². The Kier molecular flexibility index (Phi) is 8.39. The van der Waals surface area contributed by atoms with Gasteiger partial charge < -0.3 is 10.8 Å². The van der Waals surface area contributed by atoms with E-state index in [9.17, 15) is 35.9 Å². The number of carbonyl (C=O) groups is 2. The fourth-order valence-electron chi connectivity index (χ4n) is 1.91. The number of amides is 1.